The van der Waals surface area contributed by atoms with E-state index < -0.39 is 0 Å². The highest BCUT2D eigenvalue weighted by Crippen LogP contribution is 2.22. The van der Waals surface area contributed by atoms with Gasteiger partial charge in [-0.05, 0) is 31.6 Å². The molecule has 0 amide bonds. The molecule has 0 saturated heterocycles. The summed E-state index contributed by atoms with van der Waals surface area (Å²) in [6.45, 7) is 24.1. The zero-order valence-corrected chi connectivity index (χ0v) is 29.3. The van der Waals surface area contributed by atoms with Gasteiger partial charge in [-0.25, -0.2) is 0 Å². The Morgan fingerprint density at radius 2 is 0.973 bits per heavy atom. The predicted molar refractivity (Wildman–Crippen MR) is 175 cm³/mol. The molecule has 0 aromatic carbocycles. The molecule has 0 aliphatic heterocycles. The SMILES string of the molecule is CCCSC(=O)C(C)(C)C.CCCSC(=O)C(C)C.CCCSC(=O)CC.CCCSC(=O)CC(C)C. The number of hydrogen-bond donors (Lipinski definition) is 0. The summed E-state index contributed by atoms with van der Waals surface area (Å²) < 4.78 is 0. The third kappa shape index (κ3) is 40.7. The van der Waals surface area contributed by atoms with E-state index in [9.17, 15) is 19.2 Å². The molecule has 0 fully saturated rings. The molecule has 0 heterocycles. The Kier molecular flexibility index (Phi) is 36.5. The van der Waals surface area contributed by atoms with Crippen LogP contribution in [0.15, 0.2) is 0 Å². The molecule has 0 bridgehead atoms. The largest absolute Gasteiger partial charge is 0.287 e. The van der Waals surface area contributed by atoms with Crippen molar-refractivity contribution < 1.29 is 19.2 Å². The van der Waals surface area contributed by atoms with Crippen molar-refractivity contribution in [3.8, 4) is 0 Å². The van der Waals surface area contributed by atoms with E-state index in [0.717, 1.165) is 55.1 Å². The van der Waals surface area contributed by atoms with Crippen molar-refractivity contribution in [1.29, 1.82) is 0 Å². The summed E-state index contributed by atoms with van der Waals surface area (Å²) in [6.07, 6.45) is 5.75. The van der Waals surface area contributed by atoms with E-state index in [4.69, 9.17) is 0 Å². The Bertz CT molecular complexity index is 571. The first-order valence-electron chi connectivity index (χ1n) is 13.8. The van der Waals surface area contributed by atoms with Crippen molar-refractivity contribution in [2.75, 3.05) is 23.0 Å². The average Bonchev–Trinajstić information content (AvgIpc) is 2.82. The summed E-state index contributed by atoms with van der Waals surface area (Å²) in [5.74, 6) is 4.59. The second kappa shape index (κ2) is 30.6. The third-order valence-corrected chi connectivity index (χ3v) is 8.95. The van der Waals surface area contributed by atoms with E-state index in [2.05, 4.69) is 41.5 Å². The molecule has 0 aliphatic carbocycles. The van der Waals surface area contributed by atoms with Crippen molar-refractivity contribution in [2.45, 2.75) is 122 Å². The molecule has 0 aromatic heterocycles. The van der Waals surface area contributed by atoms with E-state index in [-0.39, 0.29) is 11.3 Å². The molecule has 8 heteroatoms. The number of hydrogen-bond acceptors (Lipinski definition) is 8. The summed E-state index contributed by atoms with van der Waals surface area (Å²) in [4.78, 5) is 43.6. The van der Waals surface area contributed by atoms with E-state index in [1.165, 1.54) is 47.0 Å². The number of thioether (sulfide) groups is 4. The van der Waals surface area contributed by atoms with Gasteiger partial charge in [0.05, 0.1) is 0 Å². The van der Waals surface area contributed by atoms with Crippen LogP contribution in [-0.2, 0) is 19.2 Å². The first-order valence-corrected chi connectivity index (χ1v) is 17.7. The van der Waals surface area contributed by atoms with Crippen LogP contribution in [0, 0.1) is 17.3 Å². The predicted octanol–water partition coefficient (Wildman–Crippen LogP) is 9.78. The standard InChI is InChI=1S/2C8H16OS.C7H14OS.C6H12OS/c1-5-6-10-7(9)8(2,3)4;1-4-5-10-8(9)6-7(2)3;1-4-5-9-7(8)6(2)3;1-3-5-8-6(7)4-2/h5-6H2,1-4H3;7H,4-6H2,1-3H3;6H,4-5H2,1-3H3;3-5H2,1-2H3. The zero-order valence-electron chi connectivity index (χ0n) is 26.0. The second-order valence-corrected chi connectivity index (χ2v) is 14.6. The molecule has 0 unspecified atom stereocenters. The molecule has 0 radical (unpaired) electrons. The highest BCUT2D eigenvalue weighted by molar-refractivity contribution is 8.14. The lowest BCUT2D eigenvalue weighted by molar-refractivity contribution is -0.117. The molecule has 4 nitrogen and oxygen atoms in total. The Labute approximate surface area is 247 Å². The number of carbonyl (C=O) groups is 4. The first-order chi connectivity index (χ1) is 17.1. The average molecular weight is 599 g/mol. The van der Waals surface area contributed by atoms with E-state index >= 15 is 0 Å². The van der Waals surface area contributed by atoms with Crippen LogP contribution in [0.1, 0.15) is 122 Å². The zero-order chi connectivity index (χ0) is 29.9. The minimum absolute atomic E-state index is 0.167. The Balaban J connectivity index is -0.000000197. The van der Waals surface area contributed by atoms with E-state index in [1.807, 2.05) is 41.5 Å². The molecule has 0 N–H and O–H groups in total. The maximum Gasteiger partial charge on any atom is 0.194 e. The van der Waals surface area contributed by atoms with Crippen LogP contribution in [0.3, 0.4) is 0 Å². The van der Waals surface area contributed by atoms with E-state index in [0.29, 0.717) is 32.8 Å². The van der Waals surface area contributed by atoms with Gasteiger partial charge in [0.15, 0.2) is 20.5 Å². The van der Waals surface area contributed by atoms with Crippen LogP contribution in [-0.4, -0.2) is 43.5 Å². The minimum atomic E-state index is -0.167. The van der Waals surface area contributed by atoms with Gasteiger partial charge in [0.2, 0.25) is 0 Å². The topological polar surface area (TPSA) is 68.3 Å². The molecule has 0 aromatic rings. The van der Waals surface area contributed by atoms with Gasteiger partial charge in [-0.2, -0.15) is 0 Å². The van der Waals surface area contributed by atoms with Crippen molar-refractivity contribution in [2.24, 2.45) is 17.3 Å². The summed E-state index contributed by atoms with van der Waals surface area (Å²) in [5.41, 5.74) is -0.167. The van der Waals surface area contributed by atoms with Crippen LogP contribution in [0.2, 0.25) is 0 Å². The third-order valence-electron chi connectivity index (χ3n) is 3.77. The van der Waals surface area contributed by atoms with Crippen molar-refractivity contribution in [3.05, 3.63) is 0 Å². The maximum absolute atomic E-state index is 11.2. The van der Waals surface area contributed by atoms with Gasteiger partial charge >= 0.3 is 0 Å². The van der Waals surface area contributed by atoms with Crippen LogP contribution in [0.4, 0.5) is 0 Å². The quantitative estimate of drug-likeness (QED) is 0.220. The fraction of sp³-hybridized carbons (Fsp3) is 0.862. The fourth-order valence-corrected chi connectivity index (χ4v) is 4.79. The molecule has 222 valence electrons. The Hall–Kier alpha value is 0.0800. The van der Waals surface area contributed by atoms with Gasteiger partial charge in [0.25, 0.3) is 0 Å². The second-order valence-electron chi connectivity index (χ2n) is 10.1. The smallest absolute Gasteiger partial charge is 0.194 e. The molecule has 0 rings (SSSR count). The lowest BCUT2D eigenvalue weighted by Gasteiger charge is -2.14. The van der Waals surface area contributed by atoms with Gasteiger partial charge in [-0.15, -0.1) is 0 Å². The van der Waals surface area contributed by atoms with Gasteiger partial charge in [0, 0.05) is 47.2 Å². The molecule has 37 heavy (non-hydrogen) atoms. The first kappa shape index (κ1) is 44.1. The van der Waals surface area contributed by atoms with Crippen LogP contribution in [0.5, 0.6) is 0 Å². The van der Waals surface area contributed by atoms with Crippen LogP contribution < -0.4 is 0 Å². The van der Waals surface area contributed by atoms with Crippen molar-refractivity contribution in [3.63, 3.8) is 0 Å². The molecule has 0 spiro atoms. The summed E-state index contributed by atoms with van der Waals surface area (Å²) in [6, 6.07) is 0. The normalized spacial score (nSPS) is 10.4. The van der Waals surface area contributed by atoms with Crippen molar-refractivity contribution in [1.82, 2.24) is 0 Å². The van der Waals surface area contributed by atoms with Gasteiger partial charge in [0.1, 0.15) is 0 Å². The van der Waals surface area contributed by atoms with Crippen LogP contribution >= 0.6 is 47.0 Å². The van der Waals surface area contributed by atoms with Crippen LogP contribution in [0.25, 0.3) is 0 Å². The summed E-state index contributed by atoms with van der Waals surface area (Å²) in [7, 11) is 0. The highest BCUT2D eigenvalue weighted by Gasteiger charge is 2.20. The van der Waals surface area contributed by atoms with Gasteiger partial charge < -0.3 is 0 Å². The van der Waals surface area contributed by atoms with Crippen molar-refractivity contribution >= 4 is 67.5 Å². The monoisotopic (exact) mass is 598 g/mol. The molecule has 0 atom stereocenters. The minimum Gasteiger partial charge on any atom is -0.287 e. The summed E-state index contributed by atoms with van der Waals surface area (Å²) >= 11 is 5.79. The number of rotatable bonds is 12. The highest BCUT2D eigenvalue weighted by atomic mass is 32.2. The Morgan fingerprint density at radius 3 is 1.30 bits per heavy atom. The van der Waals surface area contributed by atoms with Gasteiger partial charge in [-0.3, -0.25) is 19.2 Å². The number of carbonyl (C=O) groups excluding carboxylic acids is 4. The molecule has 0 saturated carbocycles. The molecular weight excluding hydrogens is 541 g/mol. The fourth-order valence-electron chi connectivity index (χ4n) is 1.71. The molecular formula is C29H58O4S4. The Morgan fingerprint density at radius 1 is 0.595 bits per heavy atom. The maximum atomic E-state index is 11.2. The lowest BCUT2D eigenvalue weighted by atomic mass is 10.00. The lowest BCUT2D eigenvalue weighted by Crippen LogP contribution is -2.16. The van der Waals surface area contributed by atoms with Gasteiger partial charge in [-0.1, -0.05) is 130 Å². The van der Waals surface area contributed by atoms with E-state index in [1.54, 1.807) is 0 Å². The molecule has 0 aliphatic rings. The summed E-state index contributed by atoms with van der Waals surface area (Å²) in [5, 5.41) is 1.27.